The highest BCUT2D eigenvalue weighted by atomic mass is 32.1. The molecule has 5 heteroatoms. The fourth-order valence-corrected chi connectivity index (χ4v) is 2.55. The number of nitrogens with one attached hydrogen (secondary N) is 1. The van der Waals surface area contributed by atoms with Gasteiger partial charge in [0, 0.05) is 12.1 Å². The molecule has 0 aliphatic rings. The van der Waals surface area contributed by atoms with E-state index in [1.54, 1.807) is 7.11 Å². The van der Waals surface area contributed by atoms with E-state index in [1.165, 1.54) is 11.3 Å². The van der Waals surface area contributed by atoms with Crippen LogP contribution in [0.5, 0.6) is 11.5 Å². The first-order valence-corrected chi connectivity index (χ1v) is 7.73. The molecule has 0 unspecified atom stereocenters. The van der Waals surface area contributed by atoms with Gasteiger partial charge in [-0.05, 0) is 42.1 Å². The van der Waals surface area contributed by atoms with Crippen molar-refractivity contribution in [1.29, 1.82) is 0 Å². The third kappa shape index (κ3) is 4.49. The third-order valence-electron chi connectivity index (χ3n) is 2.88. The van der Waals surface area contributed by atoms with Crippen LogP contribution < -0.4 is 14.8 Å². The lowest BCUT2D eigenvalue weighted by Gasteiger charge is -2.05. The summed E-state index contributed by atoms with van der Waals surface area (Å²) in [5, 5.41) is 4.81. The second kappa shape index (κ2) is 7.69. The quantitative estimate of drug-likeness (QED) is 0.852. The SMILES string of the molecule is CCCNC(=O)c1cc(COc2ccc(OC)cc2)cs1. The summed E-state index contributed by atoms with van der Waals surface area (Å²) in [4.78, 5) is 12.5. The minimum absolute atomic E-state index is 0.0162. The highest BCUT2D eigenvalue weighted by molar-refractivity contribution is 7.12. The van der Waals surface area contributed by atoms with Crippen LogP contribution in [0, 0.1) is 0 Å². The number of hydrogen-bond acceptors (Lipinski definition) is 4. The zero-order valence-electron chi connectivity index (χ0n) is 12.2. The minimum Gasteiger partial charge on any atom is -0.497 e. The topological polar surface area (TPSA) is 47.6 Å². The number of rotatable bonds is 7. The number of ether oxygens (including phenoxy) is 2. The van der Waals surface area contributed by atoms with Crippen LogP contribution in [0.25, 0.3) is 0 Å². The molecule has 4 nitrogen and oxygen atoms in total. The molecule has 1 aromatic carbocycles. The van der Waals surface area contributed by atoms with Crippen LogP contribution in [0.3, 0.4) is 0 Å². The highest BCUT2D eigenvalue weighted by Gasteiger charge is 2.08. The summed E-state index contributed by atoms with van der Waals surface area (Å²) >= 11 is 1.44. The molecule has 0 atom stereocenters. The fourth-order valence-electron chi connectivity index (χ4n) is 1.73. The van der Waals surface area contributed by atoms with Crippen molar-refractivity contribution >= 4 is 17.2 Å². The van der Waals surface area contributed by atoms with Crippen molar-refractivity contribution in [1.82, 2.24) is 5.32 Å². The van der Waals surface area contributed by atoms with E-state index in [0.717, 1.165) is 28.4 Å². The van der Waals surface area contributed by atoms with E-state index in [9.17, 15) is 4.79 Å². The summed E-state index contributed by atoms with van der Waals surface area (Å²) in [5.41, 5.74) is 0.998. The summed E-state index contributed by atoms with van der Waals surface area (Å²) in [5.74, 6) is 1.56. The molecular weight excluding hydrogens is 286 g/mol. The second-order valence-corrected chi connectivity index (χ2v) is 5.45. The maximum atomic E-state index is 11.8. The average molecular weight is 305 g/mol. The standard InChI is InChI=1S/C16H19NO3S/c1-3-8-17-16(18)15-9-12(11-21-15)10-20-14-6-4-13(19-2)5-7-14/h4-7,9,11H,3,8,10H2,1-2H3,(H,17,18). The summed E-state index contributed by atoms with van der Waals surface area (Å²) in [7, 11) is 1.63. The summed E-state index contributed by atoms with van der Waals surface area (Å²) in [6, 6.07) is 9.30. The van der Waals surface area contributed by atoms with E-state index in [1.807, 2.05) is 42.6 Å². The number of thiophene rings is 1. The smallest absolute Gasteiger partial charge is 0.261 e. The van der Waals surface area contributed by atoms with Gasteiger partial charge in [0.05, 0.1) is 12.0 Å². The average Bonchev–Trinajstić information content (AvgIpc) is 3.00. The molecule has 0 aliphatic heterocycles. The number of methoxy groups -OCH3 is 1. The zero-order chi connectivity index (χ0) is 15.1. The fraction of sp³-hybridized carbons (Fsp3) is 0.312. The van der Waals surface area contributed by atoms with Crippen molar-refractivity contribution in [3.8, 4) is 11.5 Å². The van der Waals surface area contributed by atoms with Gasteiger partial charge < -0.3 is 14.8 Å². The largest absolute Gasteiger partial charge is 0.497 e. The normalized spacial score (nSPS) is 10.2. The van der Waals surface area contributed by atoms with Crippen molar-refractivity contribution in [2.45, 2.75) is 20.0 Å². The molecule has 1 N–H and O–H groups in total. The van der Waals surface area contributed by atoms with Crippen LogP contribution in [-0.4, -0.2) is 19.6 Å². The predicted octanol–water partition coefficient (Wildman–Crippen LogP) is 3.48. The Labute approximate surface area is 128 Å². The van der Waals surface area contributed by atoms with Crippen LogP contribution in [0.1, 0.15) is 28.6 Å². The molecule has 1 heterocycles. The van der Waals surface area contributed by atoms with Gasteiger partial charge in [-0.15, -0.1) is 11.3 Å². The van der Waals surface area contributed by atoms with Gasteiger partial charge in [0.25, 0.3) is 5.91 Å². The lowest BCUT2D eigenvalue weighted by atomic mass is 10.3. The summed E-state index contributed by atoms with van der Waals surface area (Å²) in [6.07, 6.45) is 0.935. The van der Waals surface area contributed by atoms with Gasteiger partial charge in [-0.2, -0.15) is 0 Å². The summed E-state index contributed by atoms with van der Waals surface area (Å²) < 4.78 is 10.8. The molecule has 0 aliphatic carbocycles. The number of carbonyl (C=O) groups excluding carboxylic acids is 1. The lowest BCUT2D eigenvalue weighted by Crippen LogP contribution is -2.22. The minimum atomic E-state index is -0.0162. The number of benzene rings is 1. The number of amides is 1. The van der Waals surface area contributed by atoms with Gasteiger partial charge in [-0.25, -0.2) is 0 Å². The zero-order valence-corrected chi connectivity index (χ0v) is 13.0. The molecule has 2 aromatic rings. The van der Waals surface area contributed by atoms with Crippen LogP contribution in [0.15, 0.2) is 35.7 Å². The van der Waals surface area contributed by atoms with Crippen molar-refractivity contribution in [2.24, 2.45) is 0 Å². The molecule has 0 bridgehead atoms. The van der Waals surface area contributed by atoms with E-state index >= 15 is 0 Å². The predicted molar refractivity (Wildman–Crippen MR) is 84.3 cm³/mol. The van der Waals surface area contributed by atoms with Gasteiger partial charge in [0.2, 0.25) is 0 Å². The van der Waals surface area contributed by atoms with Crippen LogP contribution in [-0.2, 0) is 6.61 Å². The molecule has 1 amide bonds. The van der Waals surface area contributed by atoms with Crippen molar-refractivity contribution < 1.29 is 14.3 Å². The molecule has 0 saturated heterocycles. The van der Waals surface area contributed by atoms with E-state index < -0.39 is 0 Å². The number of hydrogen-bond donors (Lipinski definition) is 1. The first-order chi connectivity index (χ1) is 10.2. The van der Waals surface area contributed by atoms with Crippen molar-refractivity contribution in [2.75, 3.05) is 13.7 Å². The summed E-state index contributed by atoms with van der Waals surface area (Å²) in [6.45, 7) is 3.18. The Morgan fingerprint density at radius 1 is 1.24 bits per heavy atom. The van der Waals surface area contributed by atoms with Gasteiger partial charge in [-0.1, -0.05) is 6.92 Å². The van der Waals surface area contributed by atoms with E-state index in [4.69, 9.17) is 9.47 Å². The van der Waals surface area contributed by atoms with Gasteiger partial charge in [0.15, 0.2) is 0 Å². The third-order valence-corrected chi connectivity index (χ3v) is 3.86. The van der Waals surface area contributed by atoms with Gasteiger partial charge in [-0.3, -0.25) is 4.79 Å². The van der Waals surface area contributed by atoms with Gasteiger partial charge >= 0.3 is 0 Å². The molecule has 112 valence electrons. The van der Waals surface area contributed by atoms with E-state index in [0.29, 0.717) is 13.2 Å². The maximum absolute atomic E-state index is 11.8. The Morgan fingerprint density at radius 3 is 2.62 bits per heavy atom. The molecular formula is C16H19NO3S. The van der Waals surface area contributed by atoms with Crippen LogP contribution in [0.4, 0.5) is 0 Å². The lowest BCUT2D eigenvalue weighted by molar-refractivity contribution is 0.0957. The first-order valence-electron chi connectivity index (χ1n) is 6.85. The first kappa shape index (κ1) is 15.4. The molecule has 1 aromatic heterocycles. The van der Waals surface area contributed by atoms with Gasteiger partial charge in [0.1, 0.15) is 18.1 Å². The number of carbonyl (C=O) groups is 1. The molecule has 0 fully saturated rings. The van der Waals surface area contributed by atoms with Crippen LogP contribution >= 0.6 is 11.3 Å². The van der Waals surface area contributed by atoms with Crippen molar-refractivity contribution in [3.05, 3.63) is 46.2 Å². The molecule has 0 saturated carbocycles. The Kier molecular flexibility index (Phi) is 5.63. The highest BCUT2D eigenvalue weighted by Crippen LogP contribution is 2.20. The Balaban J connectivity index is 1.88. The Bertz CT molecular complexity index is 577. The second-order valence-electron chi connectivity index (χ2n) is 4.54. The molecule has 2 rings (SSSR count). The van der Waals surface area contributed by atoms with Crippen LogP contribution in [0.2, 0.25) is 0 Å². The van der Waals surface area contributed by atoms with Crippen molar-refractivity contribution in [3.63, 3.8) is 0 Å². The maximum Gasteiger partial charge on any atom is 0.261 e. The monoisotopic (exact) mass is 305 g/mol. The Hall–Kier alpha value is -2.01. The van der Waals surface area contributed by atoms with E-state index in [2.05, 4.69) is 5.32 Å². The molecule has 0 spiro atoms. The molecule has 21 heavy (non-hydrogen) atoms. The van der Waals surface area contributed by atoms with E-state index in [-0.39, 0.29) is 5.91 Å². The Morgan fingerprint density at radius 2 is 1.95 bits per heavy atom. The molecule has 0 radical (unpaired) electrons.